The Labute approximate surface area is 94.7 Å². The molecule has 15 heavy (non-hydrogen) atoms. The molecule has 2 fully saturated rings. The van der Waals surface area contributed by atoms with Crippen molar-refractivity contribution in [1.82, 2.24) is 14.9 Å². The summed E-state index contributed by atoms with van der Waals surface area (Å²) < 4.78 is 2.36. The van der Waals surface area contributed by atoms with Crippen molar-refractivity contribution in [3.05, 3.63) is 18.2 Å². The molecule has 1 aliphatic heterocycles. The van der Waals surface area contributed by atoms with Crippen molar-refractivity contribution in [3.63, 3.8) is 0 Å². The maximum absolute atomic E-state index is 4.29. The average Bonchev–Trinajstić information content (AvgIpc) is 2.83. The van der Waals surface area contributed by atoms with Gasteiger partial charge in [-0.3, -0.25) is 5.32 Å². The molecular formula is C11H17N3S. The fraction of sp³-hybridized carbons (Fsp3) is 0.727. The molecule has 2 atom stereocenters. The number of imidazole rings is 1. The van der Waals surface area contributed by atoms with E-state index in [1.165, 1.54) is 30.7 Å². The summed E-state index contributed by atoms with van der Waals surface area (Å²) in [6.45, 7) is 2.25. The molecule has 2 aliphatic rings. The van der Waals surface area contributed by atoms with Gasteiger partial charge in [0.25, 0.3) is 0 Å². The number of nitrogens with zero attached hydrogens (tertiary/aromatic N) is 2. The Bertz CT molecular complexity index is 345. The van der Waals surface area contributed by atoms with Crippen LogP contribution in [0.4, 0.5) is 0 Å². The third-order valence-corrected chi connectivity index (χ3v) is 4.55. The predicted octanol–water partition coefficient (Wildman–Crippen LogP) is 2.33. The summed E-state index contributed by atoms with van der Waals surface area (Å²) in [7, 11) is 0. The second kappa shape index (κ2) is 3.83. The van der Waals surface area contributed by atoms with Crippen LogP contribution in [0.1, 0.15) is 43.3 Å². The Morgan fingerprint density at radius 3 is 3.13 bits per heavy atom. The van der Waals surface area contributed by atoms with Gasteiger partial charge in [-0.2, -0.15) is 0 Å². The van der Waals surface area contributed by atoms with Crippen LogP contribution in [0.15, 0.2) is 12.5 Å². The Balaban J connectivity index is 1.78. The van der Waals surface area contributed by atoms with Crippen molar-refractivity contribution in [1.29, 1.82) is 0 Å². The zero-order valence-corrected chi connectivity index (χ0v) is 9.83. The number of hydrogen-bond donors (Lipinski definition) is 1. The summed E-state index contributed by atoms with van der Waals surface area (Å²) >= 11 is 2.02. The van der Waals surface area contributed by atoms with E-state index in [1.54, 1.807) is 0 Å². The lowest BCUT2D eigenvalue weighted by Gasteiger charge is -2.14. The average molecular weight is 223 g/mol. The monoisotopic (exact) mass is 223 g/mol. The lowest BCUT2D eigenvalue weighted by atomic mass is 10.2. The van der Waals surface area contributed by atoms with Crippen LogP contribution in [0.2, 0.25) is 0 Å². The third-order valence-electron chi connectivity index (χ3n) is 3.25. The smallest absolute Gasteiger partial charge is 0.0961 e. The fourth-order valence-corrected chi connectivity index (χ4v) is 3.50. The van der Waals surface area contributed by atoms with Crippen molar-refractivity contribution in [2.75, 3.05) is 5.75 Å². The van der Waals surface area contributed by atoms with Gasteiger partial charge in [-0.25, -0.2) is 4.98 Å². The van der Waals surface area contributed by atoms with Crippen LogP contribution in [0, 0.1) is 0 Å². The largest absolute Gasteiger partial charge is 0.329 e. The second-order valence-electron chi connectivity index (χ2n) is 4.44. The Morgan fingerprint density at radius 2 is 2.47 bits per heavy atom. The number of nitrogens with one attached hydrogen (secondary N) is 1. The molecule has 1 N–H and O–H groups in total. The van der Waals surface area contributed by atoms with E-state index in [9.17, 15) is 0 Å². The molecular weight excluding hydrogens is 206 g/mol. The summed E-state index contributed by atoms with van der Waals surface area (Å²) in [6.07, 6.45) is 7.91. The van der Waals surface area contributed by atoms with Gasteiger partial charge in [-0.15, -0.1) is 11.8 Å². The van der Waals surface area contributed by atoms with Gasteiger partial charge < -0.3 is 4.57 Å². The fourth-order valence-electron chi connectivity index (χ4n) is 2.10. The minimum Gasteiger partial charge on any atom is -0.329 e. The van der Waals surface area contributed by atoms with Crippen LogP contribution in [-0.2, 0) is 0 Å². The maximum Gasteiger partial charge on any atom is 0.0961 e. The molecule has 0 aromatic carbocycles. The molecule has 1 saturated carbocycles. The molecule has 0 spiro atoms. The molecule has 0 amide bonds. The number of hydrogen-bond acceptors (Lipinski definition) is 3. The summed E-state index contributed by atoms with van der Waals surface area (Å²) in [5, 5.41) is 4.14. The first kappa shape index (κ1) is 9.73. The van der Waals surface area contributed by atoms with Crippen LogP contribution in [0.25, 0.3) is 0 Å². The highest BCUT2D eigenvalue weighted by molar-refractivity contribution is 7.99. The molecule has 4 heteroatoms. The van der Waals surface area contributed by atoms with E-state index in [0.717, 1.165) is 6.04 Å². The minimum absolute atomic E-state index is 0.470. The van der Waals surface area contributed by atoms with Gasteiger partial charge >= 0.3 is 0 Å². The maximum atomic E-state index is 4.29. The molecule has 82 valence electrons. The second-order valence-corrected chi connectivity index (χ2v) is 5.58. The first-order chi connectivity index (χ1) is 7.38. The lowest BCUT2D eigenvalue weighted by Crippen LogP contribution is -2.25. The van der Waals surface area contributed by atoms with Crippen LogP contribution < -0.4 is 5.32 Å². The van der Waals surface area contributed by atoms with Crippen molar-refractivity contribution in [2.24, 2.45) is 0 Å². The number of thioether (sulfide) groups is 1. The van der Waals surface area contributed by atoms with Crippen molar-refractivity contribution in [3.8, 4) is 0 Å². The lowest BCUT2D eigenvalue weighted by molar-refractivity contribution is 0.539. The molecule has 1 aliphatic carbocycles. The Hall–Kier alpha value is -0.480. The molecule has 3 rings (SSSR count). The summed E-state index contributed by atoms with van der Waals surface area (Å²) in [5.74, 6) is 1.23. The standard InChI is InChI=1S/C11H17N3S/c1-2-8-6-15-11(13-8)10-5-12-7-14(10)9-3-4-9/h5,7-9,11,13H,2-4,6H2,1H3. The van der Waals surface area contributed by atoms with Crippen LogP contribution in [-0.4, -0.2) is 21.3 Å². The highest BCUT2D eigenvalue weighted by Gasteiger charge is 2.31. The summed E-state index contributed by atoms with van der Waals surface area (Å²) in [5.41, 5.74) is 1.37. The summed E-state index contributed by atoms with van der Waals surface area (Å²) in [6, 6.07) is 1.42. The van der Waals surface area contributed by atoms with Gasteiger partial charge in [0.15, 0.2) is 0 Å². The van der Waals surface area contributed by atoms with E-state index < -0.39 is 0 Å². The van der Waals surface area contributed by atoms with E-state index in [4.69, 9.17) is 0 Å². The van der Waals surface area contributed by atoms with Gasteiger partial charge in [0.1, 0.15) is 0 Å². The first-order valence-electron chi connectivity index (χ1n) is 5.78. The highest BCUT2D eigenvalue weighted by atomic mass is 32.2. The van der Waals surface area contributed by atoms with Crippen LogP contribution in [0.3, 0.4) is 0 Å². The zero-order valence-electron chi connectivity index (χ0n) is 9.02. The van der Waals surface area contributed by atoms with Crippen molar-refractivity contribution in [2.45, 2.75) is 43.6 Å². The predicted molar refractivity (Wildman–Crippen MR) is 62.9 cm³/mol. The van der Waals surface area contributed by atoms with Gasteiger partial charge in [-0.05, 0) is 19.3 Å². The molecule has 2 unspecified atom stereocenters. The van der Waals surface area contributed by atoms with Crippen molar-refractivity contribution < 1.29 is 0 Å². The Kier molecular flexibility index (Phi) is 2.48. The van der Waals surface area contributed by atoms with E-state index in [1.807, 2.05) is 24.3 Å². The quantitative estimate of drug-likeness (QED) is 0.853. The van der Waals surface area contributed by atoms with Gasteiger partial charge in [0.05, 0.1) is 23.6 Å². The van der Waals surface area contributed by atoms with Gasteiger partial charge in [-0.1, -0.05) is 6.92 Å². The Morgan fingerprint density at radius 1 is 1.60 bits per heavy atom. The van der Waals surface area contributed by atoms with Gasteiger partial charge in [0, 0.05) is 17.8 Å². The van der Waals surface area contributed by atoms with Crippen molar-refractivity contribution >= 4 is 11.8 Å². The van der Waals surface area contributed by atoms with Crippen LogP contribution in [0.5, 0.6) is 0 Å². The molecule has 3 nitrogen and oxygen atoms in total. The van der Waals surface area contributed by atoms with Crippen LogP contribution >= 0.6 is 11.8 Å². The van der Waals surface area contributed by atoms with E-state index >= 15 is 0 Å². The molecule has 1 saturated heterocycles. The van der Waals surface area contributed by atoms with E-state index in [-0.39, 0.29) is 0 Å². The molecule has 1 aromatic heterocycles. The minimum atomic E-state index is 0.470. The third kappa shape index (κ3) is 1.81. The topological polar surface area (TPSA) is 29.9 Å². The number of aromatic nitrogens is 2. The normalized spacial score (nSPS) is 31.0. The molecule has 0 radical (unpaired) electrons. The molecule has 2 heterocycles. The summed E-state index contributed by atoms with van der Waals surface area (Å²) in [4.78, 5) is 4.29. The molecule has 1 aromatic rings. The number of rotatable bonds is 3. The molecule has 0 bridgehead atoms. The van der Waals surface area contributed by atoms with Gasteiger partial charge in [0.2, 0.25) is 0 Å². The zero-order chi connectivity index (χ0) is 10.3. The first-order valence-corrected chi connectivity index (χ1v) is 6.82. The highest BCUT2D eigenvalue weighted by Crippen LogP contribution is 2.40. The SMILES string of the molecule is CCC1CSC(c2cncn2C2CC2)N1. The van der Waals surface area contributed by atoms with E-state index in [0.29, 0.717) is 11.4 Å². The van der Waals surface area contributed by atoms with E-state index in [2.05, 4.69) is 21.8 Å².